The summed E-state index contributed by atoms with van der Waals surface area (Å²) in [7, 11) is 0. The fourth-order valence-corrected chi connectivity index (χ4v) is 5.70. The summed E-state index contributed by atoms with van der Waals surface area (Å²) >= 11 is 0. The summed E-state index contributed by atoms with van der Waals surface area (Å²) in [6, 6.07) is -0.0830. The molecule has 0 bridgehead atoms. The lowest BCUT2D eigenvalue weighted by Gasteiger charge is -2.39. The van der Waals surface area contributed by atoms with Crippen LogP contribution in [0, 0.1) is 0 Å². The third-order valence-corrected chi connectivity index (χ3v) is 7.77. The van der Waals surface area contributed by atoms with Crippen LogP contribution in [0.25, 0.3) is 0 Å². The molecule has 33 heavy (non-hydrogen) atoms. The van der Waals surface area contributed by atoms with Gasteiger partial charge in [0.2, 0.25) is 5.91 Å². The van der Waals surface area contributed by atoms with Crippen LogP contribution in [-0.4, -0.2) is 108 Å². The second-order valence-corrected chi connectivity index (χ2v) is 10.1. The molecule has 3 amide bonds. The molecule has 188 valence electrons. The molecule has 3 aliphatic heterocycles. The lowest BCUT2D eigenvalue weighted by molar-refractivity contribution is -0.717. The van der Waals surface area contributed by atoms with Gasteiger partial charge in [0.05, 0.1) is 19.1 Å². The van der Waals surface area contributed by atoms with Crippen molar-refractivity contribution in [1.82, 2.24) is 20.4 Å². The molecule has 4 rings (SSSR count). The number of aliphatic hydroxyl groups is 2. The standard InChI is InChI=1S/C23H41N5O5/c29-20(28-12-10-27(11-13-28)19-8-4-5-9-24-19)14-17-21(30)22(31)18(33-17)15-25-23(32)26-16-6-2-1-3-7-16/h16-19,21-22,24,30-31H,1-15H2,(H2,25,26,32)/p+1/t17-,18-,19?,21+,22-/m1/s1. The van der Waals surface area contributed by atoms with Crippen molar-refractivity contribution in [3.63, 3.8) is 0 Å². The predicted molar refractivity (Wildman–Crippen MR) is 121 cm³/mol. The molecular weight excluding hydrogens is 426 g/mol. The molecule has 0 aromatic carbocycles. The molecule has 4 aliphatic rings. The molecule has 0 radical (unpaired) electrons. The van der Waals surface area contributed by atoms with Crippen LogP contribution in [0.5, 0.6) is 0 Å². The highest BCUT2D eigenvalue weighted by molar-refractivity contribution is 5.77. The van der Waals surface area contributed by atoms with E-state index in [2.05, 4.69) is 20.9 Å². The third-order valence-electron chi connectivity index (χ3n) is 7.77. The molecule has 0 aromatic rings. The van der Waals surface area contributed by atoms with Crippen LogP contribution >= 0.6 is 0 Å². The van der Waals surface area contributed by atoms with Crippen molar-refractivity contribution in [3.05, 3.63) is 0 Å². The number of hydrogen-bond acceptors (Lipinski definition) is 6. The first-order chi connectivity index (χ1) is 16.0. The average molecular weight is 469 g/mol. The van der Waals surface area contributed by atoms with E-state index in [1.165, 1.54) is 32.2 Å². The number of nitrogens with two attached hydrogens (primary N) is 1. The van der Waals surface area contributed by atoms with E-state index in [4.69, 9.17) is 4.74 Å². The van der Waals surface area contributed by atoms with Gasteiger partial charge in [-0.05, 0) is 25.7 Å². The van der Waals surface area contributed by atoms with Gasteiger partial charge >= 0.3 is 6.03 Å². The van der Waals surface area contributed by atoms with Gasteiger partial charge in [-0.15, -0.1) is 0 Å². The number of ether oxygens (including phenoxy) is 1. The van der Waals surface area contributed by atoms with Crippen molar-refractivity contribution < 1.29 is 29.9 Å². The minimum absolute atomic E-state index is 0.0402. The molecule has 1 saturated carbocycles. The number of carbonyl (C=O) groups is 2. The quantitative estimate of drug-likeness (QED) is 0.330. The number of nitrogens with one attached hydrogen (secondary N) is 2. The number of rotatable bonds is 6. The van der Waals surface area contributed by atoms with Crippen LogP contribution in [0.3, 0.4) is 0 Å². The number of carbonyl (C=O) groups excluding carboxylic acids is 2. The molecule has 3 heterocycles. The highest BCUT2D eigenvalue weighted by Gasteiger charge is 2.44. The maximum atomic E-state index is 12.8. The summed E-state index contributed by atoms with van der Waals surface area (Å²) in [5, 5.41) is 28.9. The number of quaternary nitrogens is 1. The minimum Gasteiger partial charge on any atom is -0.388 e. The van der Waals surface area contributed by atoms with Crippen LogP contribution in [0.15, 0.2) is 0 Å². The molecule has 4 fully saturated rings. The number of piperazine rings is 1. The summed E-state index contributed by atoms with van der Waals surface area (Å²) in [5.74, 6) is -0.0535. The van der Waals surface area contributed by atoms with Crippen LogP contribution < -0.4 is 16.0 Å². The van der Waals surface area contributed by atoms with Gasteiger partial charge in [0.25, 0.3) is 0 Å². The van der Waals surface area contributed by atoms with E-state index in [0.717, 1.165) is 38.8 Å². The Bertz CT molecular complexity index is 647. The van der Waals surface area contributed by atoms with Crippen LogP contribution in [0.4, 0.5) is 4.79 Å². The summed E-state index contributed by atoms with van der Waals surface area (Å²) in [6.45, 7) is 4.37. The monoisotopic (exact) mass is 468 g/mol. The second kappa shape index (κ2) is 11.8. The van der Waals surface area contributed by atoms with Crippen molar-refractivity contribution in [2.75, 3.05) is 39.3 Å². The normalized spacial score (nSPS) is 34.2. The Hall–Kier alpha value is -1.46. The number of amides is 3. The smallest absolute Gasteiger partial charge is 0.315 e. The maximum Gasteiger partial charge on any atom is 0.315 e. The van der Waals surface area contributed by atoms with Gasteiger partial charge < -0.3 is 35.8 Å². The minimum atomic E-state index is -1.14. The molecule has 0 aromatic heterocycles. The Balaban J connectivity index is 1.18. The molecule has 5 atom stereocenters. The van der Waals surface area contributed by atoms with Gasteiger partial charge in [-0.2, -0.15) is 0 Å². The molecule has 6 N–H and O–H groups in total. The number of nitrogens with zero attached hydrogens (tertiary/aromatic N) is 2. The third kappa shape index (κ3) is 6.57. The number of urea groups is 1. The van der Waals surface area contributed by atoms with Crippen LogP contribution in [0.1, 0.15) is 57.8 Å². The zero-order chi connectivity index (χ0) is 23.2. The number of piperidine rings is 1. The van der Waals surface area contributed by atoms with Crippen molar-refractivity contribution in [2.24, 2.45) is 0 Å². The number of aliphatic hydroxyl groups excluding tert-OH is 2. The van der Waals surface area contributed by atoms with E-state index in [-0.39, 0.29) is 30.9 Å². The molecular formula is C23H42N5O5+. The Morgan fingerprint density at radius 3 is 2.30 bits per heavy atom. The molecule has 1 unspecified atom stereocenters. The highest BCUT2D eigenvalue weighted by atomic mass is 16.5. The van der Waals surface area contributed by atoms with E-state index in [0.29, 0.717) is 19.3 Å². The average Bonchev–Trinajstić information content (AvgIpc) is 3.12. The molecule has 3 saturated heterocycles. The van der Waals surface area contributed by atoms with E-state index >= 15 is 0 Å². The van der Waals surface area contributed by atoms with Gasteiger partial charge in [0.1, 0.15) is 24.5 Å². The fraction of sp³-hybridized carbons (Fsp3) is 0.913. The first-order valence-electron chi connectivity index (χ1n) is 12.9. The van der Waals surface area contributed by atoms with Crippen molar-refractivity contribution in [1.29, 1.82) is 0 Å². The van der Waals surface area contributed by atoms with E-state index in [1.807, 2.05) is 4.90 Å². The summed E-state index contributed by atoms with van der Waals surface area (Å²) in [6.07, 6.45) is 6.05. The van der Waals surface area contributed by atoms with E-state index in [9.17, 15) is 19.8 Å². The van der Waals surface area contributed by atoms with Crippen molar-refractivity contribution >= 4 is 11.9 Å². The lowest BCUT2D eigenvalue weighted by Crippen LogP contribution is -2.95. The Morgan fingerprint density at radius 1 is 0.909 bits per heavy atom. The Morgan fingerprint density at radius 2 is 1.61 bits per heavy atom. The van der Waals surface area contributed by atoms with Gasteiger partial charge in [0.15, 0.2) is 0 Å². The van der Waals surface area contributed by atoms with Crippen LogP contribution in [0.2, 0.25) is 0 Å². The largest absolute Gasteiger partial charge is 0.388 e. The van der Waals surface area contributed by atoms with E-state index in [1.54, 1.807) is 0 Å². The number of hydrogen-bond donors (Lipinski definition) is 5. The summed E-state index contributed by atoms with van der Waals surface area (Å²) in [4.78, 5) is 29.3. The van der Waals surface area contributed by atoms with E-state index < -0.39 is 24.4 Å². The summed E-state index contributed by atoms with van der Waals surface area (Å²) < 4.78 is 5.80. The van der Waals surface area contributed by atoms with Gasteiger partial charge in [-0.25, -0.2) is 4.79 Å². The van der Waals surface area contributed by atoms with Gasteiger partial charge in [0, 0.05) is 45.2 Å². The highest BCUT2D eigenvalue weighted by Crippen LogP contribution is 2.24. The SMILES string of the molecule is O=C(NC[C@H]1O[C@H](CC(=O)N2CCN(C3CCCC[NH2+]3)CC2)[C@H](O)[C@@H]1O)NC1CCCCC1. The van der Waals surface area contributed by atoms with Crippen LogP contribution in [-0.2, 0) is 9.53 Å². The second-order valence-electron chi connectivity index (χ2n) is 10.1. The lowest BCUT2D eigenvalue weighted by atomic mass is 9.96. The van der Waals surface area contributed by atoms with Gasteiger partial charge in [-0.1, -0.05) is 19.3 Å². The van der Waals surface area contributed by atoms with Crippen molar-refractivity contribution in [3.8, 4) is 0 Å². The molecule has 10 nitrogen and oxygen atoms in total. The molecule has 10 heteroatoms. The summed E-state index contributed by atoms with van der Waals surface area (Å²) in [5.41, 5.74) is 0. The van der Waals surface area contributed by atoms with Crippen molar-refractivity contribution in [2.45, 2.75) is 94.4 Å². The first kappa shape index (κ1) is 24.7. The Kier molecular flexibility index (Phi) is 8.81. The van der Waals surface area contributed by atoms with Gasteiger partial charge in [-0.3, -0.25) is 9.69 Å². The Labute approximate surface area is 196 Å². The maximum absolute atomic E-state index is 12.8. The molecule has 0 spiro atoms. The fourth-order valence-electron chi connectivity index (χ4n) is 5.70. The zero-order valence-corrected chi connectivity index (χ0v) is 19.7. The topological polar surface area (TPSA) is 131 Å². The first-order valence-corrected chi connectivity index (χ1v) is 12.9. The molecule has 1 aliphatic carbocycles. The predicted octanol–water partition coefficient (Wildman–Crippen LogP) is -1.28. The zero-order valence-electron chi connectivity index (χ0n) is 19.7.